The molecule has 0 spiro atoms. The maximum absolute atomic E-state index is 13.5. The van der Waals surface area contributed by atoms with E-state index >= 15 is 0 Å². The van der Waals surface area contributed by atoms with Gasteiger partial charge in [-0.1, -0.05) is 91.6 Å². The van der Waals surface area contributed by atoms with E-state index in [9.17, 15) is 24.3 Å². The fourth-order valence-electron chi connectivity index (χ4n) is 5.94. The molecule has 51 heavy (non-hydrogen) atoms. The number of aliphatic hydroxyl groups excluding tert-OH is 1. The summed E-state index contributed by atoms with van der Waals surface area (Å²) in [7, 11) is 8.94. The van der Waals surface area contributed by atoms with E-state index in [4.69, 9.17) is 9.47 Å². The zero-order chi connectivity index (χ0) is 39.3. The lowest BCUT2D eigenvalue weighted by atomic mass is 9.86. The van der Waals surface area contributed by atoms with E-state index in [0.29, 0.717) is 31.0 Å². The van der Waals surface area contributed by atoms with Crippen molar-refractivity contribution in [3.05, 3.63) is 35.9 Å². The van der Waals surface area contributed by atoms with Crippen LogP contribution in [-0.2, 0) is 28.7 Å². The summed E-state index contributed by atoms with van der Waals surface area (Å²) >= 11 is 0. The summed E-state index contributed by atoms with van der Waals surface area (Å²) in [5.74, 6) is -0.435. The number of hydrogen-bond acceptors (Lipinski definition) is 8. The molecule has 1 heterocycles. The first-order valence-electron chi connectivity index (χ1n) is 18.5. The number of methoxy groups -OCH3 is 2. The monoisotopic (exact) mass is 722 g/mol. The van der Waals surface area contributed by atoms with Gasteiger partial charge in [0.1, 0.15) is 0 Å². The number of benzene rings is 1. The third-order valence-electron chi connectivity index (χ3n) is 9.84. The Balaban J connectivity index is 0.00000197. The molecule has 0 aromatic heterocycles. The van der Waals surface area contributed by atoms with Crippen molar-refractivity contribution in [1.29, 1.82) is 0 Å². The summed E-state index contributed by atoms with van der Waals surface area (Å²) in [6.45, 7) is 17.2. The molecule has 1 fully saturated rings. The van der Waals surface area contributed by atoms with Gasteiger partial charge in [0.25, 0.3) is 0 Å². The highest BCUT2D eigenvalue weighted by atomic mass is 16.5. The van der Waals surface area contributed by atoms with Gasteiger partial charge >= 0.3 is 0 Å². The molecule has 1 aromatic carbocycles. The van der Waals surface area contributed by atoms with Crippen LogP contribution in [0.2, 0.25) is 0 Å². The molecule has 4 amide bonds. The van der Waals surface area contributed by atoms with Crippen LogP contribution in [0.1, 0.15) is 92.7 Å². The highest BCUT2D eigenvalue weighted by molar-refractivity contribution is 5.81. The van der Waals surface area contributed by atoms with E-state index in [1.807, 2.05) is 32.0 Å². The summed E-state index contributed by atoms with van der Waals surface area (Å²) in [4.78, 5) is 55.2. The molecule has 8 atom stereocenters. The number of carbonyl (C=O) groups is 4. The lowest BCUT2D eigenvalue weighted by Gasteiger charge is -2.47. The van der Waals surface area contributed by atoms with Crippen LogP contribution in [0.3, 0.4) is 0 Å². The van der Waals surface area contributed by atoms with Gasteiger partial charge in [0.2, 0.25) is 24.1 Å². The largest absolute Gasteiger partial charge is 0.387 e. The van der Waals surface area contributed by atoms with Gasteiger partial charge in [-0.05, 0) is 44.8 Å². The second kappa shape index (κ2) is 25.8. The van der Waals surface area contributed by atoms with Crippen molar-refractivity contribution in [3.8, 4) is 0 Å². The number of aliphatic hydroxyl groups is 1. The first-order valence-corrected chi connectivity index (χ1v) is 18.5. The van der Waals surface area contributed by atoms with Crippen molar-refractivity contribution >= 4 is 24.1 Å². The number of nitrogens with one attached hydrogen (secondary N) is 2. The van der Waals surface area contributed by atoms with Crippen molar-refractivity contribution in [3.63, 3.8) is 0 Å². The van der Waals surface area contributed by atoms with Crippen LogP contribution in [0.5, 0.6) is 0 Å². The normalized spacial score (nSPS) is 17.9. The minimum atomic E-state index is -0.830. The van der Waals surface area contributed by atoms with Gasteiger partial charge in [0, 0.05) is 40.4 Å². The molecular formula is C39H71N5O7. The van der Waals surface area contributed by atoms with E-state index in [2.05, 4.69) is 64.2 Å². The highest BCUT2D eigenvalue weighted by Gasteiger charge is 2.44. The average Bonchev–Trinajstić information content (AvgIpc) is 3.10. The number of nitrogens with zero attached hydrogens (tertiary/aromatic N) is 3. The lowest BCUT2D eigenvalue weighted by Crippen LogP contribution is -2.61. The van der Waals surface area contributed by atoms with Crippen LogP contribution in [-0.4, -0.2) is 129 Å². The number of rotatable bonds is 19. The summed E-state index contributed by atoms with van der Waals surface area (Å²) in [5, 5.41) is 15.6. The number of likely N-dealkylation sites (tertiary alicyclic amines) is 1. The molecule has 1 aromatic rings. The molecule has 3 N–H and O–H groups in total. The Hall–Kier alpha value is -3.06. The van der Waals surface area contributed by atoms with Crippen LogP contribution in [0.4, 0.5) is 0 Å². The summed E-state index contributed by atoms with van der Waals surface area (Å²) in [6, 6.07) is 9.15. The van der Waals surface area contributed by atoms with Crippen LogP contribution in [0.15, 0.2) is 30.3 Å². The van der Waals surface area contributed by atoms with Gasteiger partial charge in [-0.15, -0.1) is 0 Å². The predicted octanol–water partition coefficient (Wildman–Crippen LogP) is 4.12. The van der Waals surface area contributed by atoms with Gasteiger partial charge in [0.05, 0.1) is 49.3 Å². The Labute approximate surface area is 309 Å². The molecule has 8 unspecified atom stereocenters. The highest BCUT2D eigenvalue weighted by Crippen LogP contribution is 2.30. The maximum atomic E-state index is 13.5. The van der Waals surface area contributed by atoms with Crippen LogP contribution >= 0.6 is 0 Å². The van der Waals surface area contributed by atoms with Crippen molar-refractivity contribution in [2.75, 3.05) is 55.0 Å². The van der Waals surface area contributed by atoms with Crippen molar-refractivity contribution in [2.24, 2.45) is 17.8 Å². The Bertz CT molecular complexity index is 1110. The summed E-state index contributed by atoms with van der Waals surface area (Å²) < 4.78 is 11.5. The van der Waals surface area contributed by atoms with Crippen molar-refractivity contribution in [2.45, 2.75) is 118 Å². The average molecular weight is 722 g/mol. The molecule has 294 valence electrons. The summed E-state index contributed by atoms with van der Waals surface area (Å²) in [6.07, 6.45) is 1.32. The molecule has 1 saturated heterocycles. The maximum Gasteiger partial charge on any atom is 0.242 e. The zero-order valence-corrected chi connectivity index (χ0v) is 33.8. The fourth-order valence-corrected chi connectivity index (χ4v) is 5.94. The summed E-state index contributed by atoms with van der Waals surface area (Å²) in [5.41, 5.74) is 0.713. The molecule has 2 rings (SSSR count). The van der Waals surface area contributed by atoms with Gasteiger partial charge < -0.3 is 39.9 Å². The van der Waals surface area contributed by atoms with E-state index in [-0.39, 0.29) is 55.2 Å². The molecule has 12 nitrogen and oxygen atoms in total. The smallest absolute Gasteiger partial charge is 0.242 e. The second-order valence-electron chi connectivity index (χ2n) is 14.1. The Morgan fingerprint density at radius 1 is 1.00 bits per heavy atom. The van der Waals surface area contributed by atoms with Gasteiger partial charge in [-0.25, -0.2) is 0 Å². The van der Waals surface area contributed by atoms with Crippen LogP contribution < -0.4 is 10.6 Å². The van der Waals surface area contributed by atoms with E-state index in [1.165, 1.54) is 20.6 Å². The number of amides is 4. The zero-order valence-electron chi connectivity index (χ0n) is 33.8. The molecular weight excluding hydrogens is 650 g/mol. The minimum absolute atomic E-state index is 0.0387. The predicted molar refractivity (Wildman–Crippen MR) is 204 cm³/mol. The van der Waals surface area contributed by atoms with Gasteiger partial charge in [0.15, 0.2) is 0 Å². The number of likely N-dealkylation sites (N-methyl/N-ethyl adjacent to an activating group) is 1. The molecule has 0 bridgehead atoms. The number of ether oxygens (including phenoxy) is 2. The second-order valence-corrected chi connectivity index (χ2v) is 14.1. The molecule has 12 heteroatoms. The number of carbonyl (C=O) groups excluding carboxylic acids is 4. The SMILES string of the molecule is CC(C)C(C)N(C)C.CCC.CCC(C)C(C(CC(=O)N1CCC1C(OC)C(C)C(=O)NCC(O)c1ccccc1)OC)N(C)C(=O)CNC=O. The minimum Gasteiger partial charge on any atom is -0.387 e. The van der Waals surface area contributed by atoms with E-state index in [1.54, 1.807) is 35.9 Å². The lowest BCUT2D eigenvalue weighted by molar-refractivity contribution is -0.155. The van der Waals surface area contributed by atoms with Gasteiger partial charge in [-0.3, -0.25) is 19.2 Å². The van der Waals surface area contributed by atoms with Gasteiger partial charge in [-0.2, -0.15) is 0 Å². The molecule has 0 radical (unpaired) electrons. The fraction of sp³-hybridized carbons (Fsp3) is 0.744. The molecule has 1 aliphatic rings. The first kappa shape index (κ1) is 47.9. The Morgan fingerprint density at radius 2 is 1.59 bits per heavy atom. The Morgan fingerprint density at radius 3 is 2.00 bits per heavy atom. The van der Waals surface area contributed by atoms with E-state index < -0.39 is 24.2 Å². The number of hydrogen-bond donors (Lipinski definition) is 3. The topological polar surface area (TPSA) is 141 Å². The van der Waals surface area contributed by atoms with Crippen molar-refractivity contribution < 1.29 is 33.8 Å². The molecule has 0 aliphatic carbocycles. The molecule has 0 saturated carbocycles. The Kier molecular flexibility index (Phi) is 24.3. The third-order valence-corrected chi connectivity index (χ3v) is 9.84. The van der Waals surface area contributed by atoms with Crippen LogP contribution in [0, 0.1) is 17.8 Å². The van der Waals surface area contributed by atoms with Crippen molar-refractivity contribution in [1.82, 2.24) is 25.3 Å². The molecule has 1 aliphatic heterocycles. The first-order chi connectivity index (χ1) is 24.1. The third kappa shape index (κ3) is 16.0. The standard InChI is InChI=1S/C29H46N4O7.C7H17N.C3H8/c1-7-19(2)27(32(4)26(37)17-30-18-34)24(39-5)15-25(36)33-14-13-22(33)28(40-6)20(3)29(38)31-16-23(35)21-11-9-8-10-12-21;1-6(2)7(3)8(4)5;1-3-2/h8-12,18-20,22-24,27-28,35H,7,13-17H2,1-6H3,(H,30,34)(H,31,38);6-7H,1-5H3;3H2,1-2H3. The quantitative estimate of drug-likeness (QED) is 0.181. The van der Waals surface area contributed by atoms with Crippen LogP contribution in [0.25, 0.3) is 0 Å². The van der Waals surface area contributed by atoms with E-state index in [0.717, 1.165) is 12.3 Å².